The fourth-order valence-corrected chi connectivity index (χ4v) is 0.951. The van der Waals surface area contributed by atoms with Gasteiger partial charge >= 0.3 is 0 Å². The molecule has 0 saturated heterocycles. The maximum absolute atomic E-state index is 4.04. The van der Waals surface area contributed by atoms with Crippen LogP contribution in [0.4, 0.5) is 0 Å². The summed E-state index contributed by atoms with van der Waals surface area (Å²) in [6, 6.07) is 0. The van der Waals surface area contributed by atoms with Crippen LogP contribution in [0.5, 0.6) is 0 Å². The van der Waals surface area contributed by atoms with Crippen LogP contribution >= 0.6 is 0 Å². The van der Waals surface area contributed by atoms with Crippen molar-refractivity contribution in [2.75, 3.05) is 0 Å². The Bertz CT molecular complexity index is 264. The van der Waals surface area contributed by atoms with Crippen molar-refractivity contribution in [3.63, 3.8) is 0 Å². The summed E-state index contributed by atoms with van der Waals surface area (Å²) < 4.78 is 0. The third kappa shape index (κ3) is 4.27. The van der Waals surface area contributed by atoms with Crippen LogP contribution < -0.4 is 0 Å². The van der Waals surface area contributed by atoms with Crippen molar-refractivity contribution >= 4 is 0 Å². The molecule has 1 atom stereocenters. The predicted molar refractivity (Wildman–Crippen MR) is 66.3 cm³/mol. The summed E-state index contributed by atoms with van der Waals surface area (Å²) in [6.07, 6.45) is 7.32. The standard InChI is InChI=1S/C14H22/c1-7-11(3)13(5)9-10-14(6)12(4)8-2/h7,9-10,12H,5-6,8H2,1-4H3/b10-9-,11-7+. The van der Waals surface area contributed by atoms with Gasteiger partial charge in [-0.3, -0.25) is 0 Å². The Balaban J connectivity index is 4.32. The van der Waals surface area contributed by atoms with Crippen LogP contribution in [0.2, 0.25) is 0 Å². The zero-order valence-corrected chi connectivity index (χ0v) is 9.93. The quantitative estimate of drug-likeness (QED) is 0.553. The van der Waals surface area contributed by atoms with Crippen molar-refractivity contribution in [2.45, 2.75) is 34.1 Å². The molecule has 0 aliphatic carbocycles. The second-order valence-electron chi connectivity index (χ2n) is 3.71. The largest absolute Gasteiger partial charge is 0.0956 e. The SMILES string of the molecule is C=C(/C=C\C(=C)C(C)CC)/C(C)=C/C. The van der Waals surface area contributed by atoms with E-state index in [1.54, 1.807) is 0 Å². The molecule has 0 aromatic rings. The average molecular weight is 190 g/mol. The van der Waals surface area contributed by atoms with Gasteiger partial charge in [0, 0.05) is 0 Å². The molecule has 0 aromatic carbocycles. The maximum Gasteiger partial charge on any atom is -0.0199 e. The molecule has 0 saturated carbocycles. The zero-order chi connectivity index (χ0) is 11.1. The molecule has 14 heavy (non-hydrogen) atoms. The first-order valence-electron chi connectivity index (χ1n) is 5.22. The van der Waals surface area contributed by atoms with E-state index in [0.29, 0.717) is 5.92 Å². The van der Waals surface area contributed by atoms with Crippen molar-refractivity contribution in [2.24, 2.45) is 5.92 Å². The molecule has 0 aliphatic heterocycles. The number of rotatable bonds is 5. The Morgan fingerprint density at radius 1 is 1.29 bits per heavy atom. The van der Waals surface area contributed by atoms with Gasteiger partial charge in [-0.05, 0) is 37.3 Å². The number of allylic oxidation sites excluding steroid dienone is 6. The van der Waals surface area contributed by atoms with E-state index in [0.717, 1.165) is 12.0 Å². The number of hydrogen-bond donors (Lipinski definition) is 0. The van der Waals surface area contributed by atoms with Crippen molar-refractivity contribution in [1.29, 1.82) is 0 Å². The fourth-order valence-electron chi connectivity index (χ4n) is 0.951. The Labute approximate surface area is 88.7 Å². The minimum Gasteiger partial charge on any atom is -0.0956 e. The van der Waals surface area contributed by atoms with Gasteiger partial charge in [-0.2, -0.15) is 0 Å². The van der Waals surface area contributed by atoms with Gasteiger partial charge in [-0.1, -0.05) is 50.8 Å². The Morgan fingerprint density at radius 2 is 1.86 bits per heavy atom. The molecule has 0 heterocycles. The lowest BCUT2D eigenvalue weighted by Gasteiger charge is -2.07. The molecule has 0 radical (unpaired) electrons. The van der Waals surface area contributed by atoms with E-state index in [-0.39, 0.29) is 0 Å². The van der Waals surface area contributed by atoms with Gasteiger partial charge in [0.1, 0.15) is 0 Å². The van der Waals surface area contributed by atoms with E-state index in [1.165, 1.54) is 11.1 Å². The van der Waals surface area contributed by atoms with Crippen LogP contribution in [0, 0.1) is 5.92 Å². The first-order chi connectivity index (χ1) is 6.52. The van der Waals surface area contributed by atoms with Gasteiger partial charge in [0.15, 0.2) is 0 Å². The molecule has 0 aliphatic rings. The summed E-state index contributed by atoms with van der Waals surface area (Å²) in [7, 11) is 0. The highest BCUT2D eigenvalue weighted by Crippen LogP contribution is 2.15. The zero-order valence-electron chi connectivity index (χ0n) is 9.93. The van der Waals surface area contributed by atoms with Gasteiger partial charge in [-0.15, -0.1) is 0 Å². The highest BCUT2D eigenvalue weighted by molar-refractivity contribution is 5.38. The smallest absolute Gasteiger partial charge is 0.0199 e. The Kier molecular flexibility index (Phi) is 5.94. The normalized spacial score (nSPS) is 14.4. The molecule has 0 rings (SSSR count). The molecule has 0 spiro atoms. The van der Waals surface area contributed by atoms with Gasteiger partial charge in [0.25, 0.3) is 0 Å². The van der Waals surface area contributed by atoms with Crippen LogP contribution in [-0.2, 0) is 0 Å². The lowest BCUT2D eigenvalue weighted by Crippen LogP contribution is -1.92. The van der Waals surface area contributed by atoms with Crippen molar-refractivity contribution in [3.8, 4) is 0 Å². The first-order valence-corrected chi connectivity index (χ1v) is 5.22. The first kappa shape index (κ1) is 13.0. The topological polar surface area (TPSA) is 0 Å². The predicted octanol–water partition coefficient (Wildman–Crippen LogP) is 4.67. The van der Waals surface area contributed by atoms with Crippen molar-refractivity contribution in [1.82, 2.24) is 0 Å². The summed E-state index contributed by atoms with van der Waals surface area (Å²) in [5, 5.41) is 0. The minimum atomic E-state index is 0.560. The molecule has 0 N–H and O–H groups in total. The third-order valence-corrected chi connectivity index (χ3v) is 2.68. The van der Waals surface area contributed by atoms with Gasteiger partial charge in [0.2, 0.25) is 0 Å². The molecular weight excluding hydrogens is 168 g/mol. The average Bonchev–Trinajstić information content (AvgIpc) is 2.22. The van der Waals surface area contributed by atoms with Crippen LogP contribution in [0.1, 0.15) is 34.1 Å². The summed E-state index contributed by atoms with van der Waals surface area (Å²) in [6.45, 7) is 16.5. The maximum atomic E-state index is 4.04. The van der Waals surface area contributed by atoms with Gasteiger partial charge in [0.05, 0.1) is 0 Å². The number of hydrogen-bond acceptors (Lipinski definition) is 0. The molecule has 0 bridgehead atoms. The lowest BCUT2D eigenvalue weighted by atomic mass is 9.98. The monoisotopic (exact) mass is 190 g/mol. The second kappa shape index (κ2) is 6.42. The van der Waals surface area contributed by atoms with Crippen LogP contribution in [0.25, 0.3) is 0 Å². The van der Waals surface area contributed by atoms with Crippen LogP contribution in [-0.4, -0.2) is 0 Å². The van der Waals surface area contributed by atoms with E-state index in [9.17, 15) is 0 Å². The summed E-state index contributed by atoms with van der Waals surface area (Å²) >= 11 is 0. The molecule has 0 amide bonds. The fraction of sp³-hybridized carbons (Fsp3) is 0.429. The van der Waals surface area contributed by atoms with E-state index < -0.39 is 0 Å². The van der Waals surface area contributed by atoms with E-state index in [4.69, 9.17) is 0 Å². The highest BCUT2D eigenvalue weighted by Gasteiger charge is 1.99. The summed E-state index contributed by atoms with van der Waals surface area (Å²) in [5.41, 5.74) is 3.47. The molecule has 78 valence electrons. The van der Waals surface area contributed by atoms with E-state index in [2.05, 4.69) is 46.1 Å². The highest BCUT2D eigenvalue weighted by atomic mass is 14.0. The molecular formula is C14H22. The van der Waals surface area contributed by atoms with Gasteiger partial charge < -0.3 is 0 Å². The van der Waals surface area contributed by atoms with Gasteiger partial charge in [-0.25, -0.2) is 0 Å². The minimum absolute atomic E-state index is 0.560. The Morgan fingerprint density at radius 3 is 2.29 bits per heavy atom. The lowest BCUT2D eigenvalue weighted by molar-refractivity contribution is 0.672. The molecule has 0 aromatic heterocycles. The third-order valence-electron chi connectivity index (χ3n) is 2.68. The van der Waals surface area contributed by atoms with Crippen molar-refractivity contribution in [3.05, 3.63) is 48.1 Å². The molecule has 1 unspecified atom stereocenters. The molecule has 0 heteroatoms. The summed E-state index contributed by atoms with van der Waals surface area (Å²) in [4.78, 5) is 0. The molecule has 0 nitrogen and oxygen atoms in total. The van der Waals surface area contributed by atoms with E-state index >= 15 is 0 Å². The summed E-state index contributed by atoms with van der Waals surface area (Å²) in [5.74, 6) is 0.560. The van der Waals surface area contributed by atoms with Crippen LogP contribution in [0.3, 0.4) is 0 Å². The Hall–Kier alpha value is -1.04. The van der Waals surface area contributed by atoms with E-state index in [1.807, 2.05) is 13.0 Å². The van der Waals surface area contributed by atoms with Crippen LogP contribution in [0.15, 0.2) is 48.1 Å². The van der Waals surface area contributed by atoms with Crippen molar-refractivity contribution < 1.29 is 0 Å². The second-order valence-corrected chi connectivity index (χ2v) is 3.71. The molecule has 0 fully saturated rings.